The highest BCUT2D eigenvalue weighted by atomic mass is 32.3. The van der Waals surface area contributed by atoms with Crippen LogP contribution in [0.5, 0.6) is 5.88 Å². The summed E-state index contributed by atoms with van der Waals surface area (Å²) in [6, 6.07) is 16.3. The fourth-order valence-electron chi connectivity index (χ4n) is 5.43. The molecule has 1 fully saturated rings. The summed E-state index contributed by atoms with van der Waals surface area (Å²) in [5.41, 5.74) is 1.20. The van der Waals surface area contributed by atoms with E-state index in [9.17, 15) is 23.4 Å². The minimum atomic E-state index is -2.83. The Morgan fingerprint density at radius 1 is 1.00 bits per heavy atom. The van der Waals surface area contributed by atoms with Crippen LogP contribution < -0.4 is 4.74 Å². The van der Waals surface area contributed by atoms with Gasteiger partial charge in [-0.1, -0.05) is 12.1 Å². The number of imidazole rings is 1. The van der Waals surface area contributed by atoms with Crippen molar-refractivity contribution in [2.45, 2.75) is 25.5 Å². The second kappa shape index (κ2) is 11.9. The first-order valence-electron chi connectivity index (χ1n) is 13.8. The lowest BCUT2D eigenvalue weighted by Gasteiger charge is -2.26. The molecule has 0 bridgehead atoms. The third-order valence-corrected chi connectivity index (χ3v) is 9.46. The van der Waals surface area contributed by atoms with E-state index in [0.717, 1.165) is 18.2 Å². The molecule has 3 aromatic carbocycles. The number of carboxylic acid groups (broad SMARTS) is 1. The third kappa shape index (κ3) is 6.21. The SMILES string of the molecule is N#Cc1ccc(COc2cccc(-c3cc(F)c(Cc4nc5ccc(C(=O)O)cc5n4C4CCS(O)(O)C4)cc3F)n2)c(F)c1. The number of hydrogen-bond acceptors (Lipinski definition) is 7. The van der Waals surface area contributed by atoms with Gasteiger partial charge in [-0.2, -0.15) is 15.9 Å². The standard InChI is InChI=1S/C32H25F3N4O5S/c33-24-10-18(15-36)4-5-20(24)16-44-31-3-1-2-27(38-31)23-14-25(34)21(11-26(23)35)13-30-37-28-7-6-19(32(40)41)12-29(28)39(30)22-8-9-45(42,43)17-22/h1-7,10-12,14,22,42-43H,8-9,13,16-17H2,(H,40,41). The van der Waals surface area contributed by atoms with E-state index in [4.69, 9.17) is 10.00 Å². The first kappa shape index (κ1) is 30.1. The van der Waals surface area contributed by atoms with Crippen LogP contribution in [-0.4, -0.2) is 46.2 Å². The van der Waals surface area contributed by atoms with Crippen LogP contribution in [0.3, 0.4) is 0 Å². The van der Waals surface area contributed by atoms with Gasteiger partial charge in [0.25, 0.3) is 0 Å². The van der Waals surface area contributed by atoms with Gasteiger partial charge in [-0.3, -0.25) is 9.11 Å². The number of hydrogen-bond donors (Lipinski definition) is 3. The molecule has 13 heteroatoms. The number of fused-ring (bicyclic) bond motifs is 1. The first-order valence-corrected chi connectivity index (χ1v) is 15.6. The zero-order valence-electron chi connectivity index (χ0n) is 23.5. The van der Waals surface area contributed by atoms with E-state index in [1.165, 1.54) is 48.5 Å². The number of rotatable bonds is 8. The van der Waals surface area contributed by atoms with E-state index in [2.05, 4.69) is 9.97 Å². The van der Waals surface area contributed by atoms with E-state index in [1.54, 1.807) is 4.57 Å². The first-order chi connectivity index (χ1) is 21.5. The Kier molecular flexibility index (Phi) is 7.96. The third-order valence-electron chi connectivity index (χ3n) is 7.65. The van der Waals surface area contributed by atoms with E-state index in [0.29, 0.717) is 23.3 Å². The molecule has 2 aromatic heterocycles. The van der Waals surface area contributed by atoms with Crippen molar-refractivity contribution in [2.24, 2.45) is 0 Å². The van der Waals surface area contributed by atoms with Gasteiger partial charge in [0.15, 0.2) is 0 Å². The monoisotopic (exact) mass is 634 g/mol. The molecule has 1 aliphatic rings. The molecule has 3 N–H and O–H groups in total. The quantitative estimate of drug-likeness (QED) is 0.167. The number of nitriles is 1. The Morgan fingerprint density at radius 3 is 2.51 bits per heavy atom. The Balaban J connectivity index is 1.29. The van der Waals surface area contributed by atoms with E-state index in [1.807, 2.05) is 6.07 Å². The molecule has 3 heterocycles. The zero-order chi connectivity index (χ0) is 31.9. The number of pyridine rings is 1. The van der Waals surface area contributed by atoms with Gasteiger partial charge in [-0.15, -0.1) is 0 Å². The Hall–Kier alpha value is -4.90. The second-order valence-corrected chi connectivity index (χ2v) is 13.0. The van der Waals surface area contributed by atoms with Crippen LogP contribution in [0.4, 0.5) is 13.2 Å². The largest absolute Gasteiger partial charge is 0.478 e. The normalized spacial score (nSPS) is 16.4. The predicted molar refractivity (Wildman–Crippen MR) is 161 cm³/mol. The predicted octanol–water partition coefficient (Wildman–Crippen LogP) is 6.95. The summed E-state index contributed by atoms with van der Waals surface area (Å²) in [6.07, 6.45) is 0.248. The van der Waals surface area contributed by atoms with Crippen molar-refractivity contribution in [1.82, 2.24) is 14.5 Å². The summed E-state index contributed by atoms with van der Waals surface area (Å²) < 4.78 is 73.1. The minimum absolute atomic E-state index is 0.0143. The maximum absolute atomic E-state index is 15.6. The number of nitrogens with zero attached hydrogens (tertiary/aromatic N) is 4. The summed E-state index contributed by atoms with van der Waals surface area (Å²) in [5.74, 6) is -2.67. The molecule has 230 valence electrons. The van der Waals surface area contributed by atoms with Crippen molar-refractivity contribution >= 4 is 27.6 Å². The Labute approximate surface area is 256 Å². The van der Waals surface area contributed by atoms with E-state index in [-0.39, 0.29) is 63.9 Å². The highest BCUT2D eigenvalue weighted by molar-refractivity contribution is 8.24. The van der Waals surface area contributed by atoms with Crippen molar-refractivity contribution in [1.29, 1.82) is 5.26 Å². The lowest BCUT2D eigenvalue weighted by Crippen LogP contribution is -2.14. The molecule has 0 aliphatic carbocycles. The van der Waals surface area contributed by atoms with Crippen molar-refractivity contribution in [3.8, 4) is 23.2 Å². The Morgan fingerprint density at radius 2 is 1.80 bits per heavy atom. The average molecular weight is 635 g/mol. The minimum Gasteiger partial charge on any atom is -0.478 e. The van der Waals surface area contributed by atoms with E-state index >= 15 is 8.78 Å². The maximum Gasteiger partial charge on any atom is 0.335 e. The number of aromatic carboxylic acids is 1. The van der Waals surface area contributed by atoms with Crippen molar-refractivity contribution in [3.05, 3.63) is 112 Å². The van der Waals surface area contributed by atoms with Gasteiger partial charge in [0.2, 0.25) is 5.88 Å². The molecule has 45 heavy (non-hydrogen) atoms. The fraction of sp³-hybridized carbons (Fsp3) is 0.188. The van der Waals surface area contributed by atoms with Gasteiger partial charge < -0.3 is 14.4 Å². The molecular weight excluding hydrogens is 609 g/mol. The zero-order valence-corrected chi connectivity index (χ0v) is 24.3. The van der Waals surface area contributed by atoms with Gasteiger partial charge in [0, 0.05) is 29.4 Å². The molecule has 5 aromatic rings. The summed E-state index contributed by atoms with van der Waals surface area (Å²) in [7, 11) is -2.83. The molecule has 0 spiro atoms. The summed E-state index contributed by atoms with van der Waals surface area (Å²) in [6.45, 7) is -0.199. The van der Waals surface area contributed by atoms with Gasteiger partial charge in [0.1, 0.15) is 29.9 Å². The number of aromatic nitrogens is 3. The summed E-state index contributed by atoms with van der Waals surface area (Å²) in [4.78, 5) is 20.5. The molecule has 6 rings (SSSR count). The van der Waals surface area contributed by atoms with Crippen LogP contribution in [0, 0.1) is 28.8 Å². The average Bonchev–Trinajstić information content (AvgIpc) is 3.55. The summed E-state index contributed by atoms with van der Waals surface area (Å²) in [5, 5.41) is 18.4. The molecule has 1 aliphatic heterocycles. The topological polar surface area (TPSA) is 141 Å². The number of halogens is 3. The van der Waals surface area contributed by atoms with Crippen LogP contribution in [0.15, 0.2) is 66.7 Å². The fourth-order valence-corrected chi connectivity index (χ4v) is 7.18. The number of carbonyl (C=O) groups is 1. The lowest BCUT2D eigenvalue weighted by molar-refractivity contribution is 0.0697. The van der Waals surface area contributed by atoms with Crippen molar-refractivity contribution < 1.29 is 36.9 Å². The maximum atomic E-state index is 15.6. The highest BCUT2D eigenvalue weighted by Crippen LogP contribution is 2.51. The van der Waals surface area contributed by atoms with Gasteiger partial charge >= 0.3 is 5.97 Å². The number of ether oxygens (including phenoxy) is 1. The van der Waals surface area contributed by atoms with Crippen LogP contribution >= 0.6 is 10.6 Å². The molecule has 1 saturated heterocycles. The van der Waals surface area contributed by atoms with Gasteiger partial charge in [0.05, 0.1) is 45.7 Å². The lowest BCUT2D eigenvalue weighted by atomic mass is 10.0. The molecule has 9 nitrogen and oxygen atoms in total. The molecule has 1 atom stereocenters. The van der Waals surface area contributed by atoms with Crippen LogP contribution in [0.1, 0.15) is 45.3 Å². The molecular formula is C32H25F3N4O5S. The molecule has 0 radical (unpaired) electrons. The van der Waals surface area contributed by atoms with Gasteiger partial charge in [-0.05, 0) is 60.5 Å². The molecule has 0 saturated carbocycles. The smallest absolute Gasteiger partial charge is 0.335 e. The summed E-state index contributed by atoms with van der Waals surface area (Å²) >= 11 is 0. The van der Waals surface area contributed by atoms with Crippen LogP contribution in [0.2, 0.25) is 0 Å². The molecule has 1 unspecified atom stereocenters. The second-order valence-electron chi connectivity index (χ2n) is 10.7. The van der Waals surface area contributed by atoms with Crippen LogP contribution in [-0.2, 0) is 13.0 Å². The molecule has 0 amide bonds. The van der Waals surface area contributed by atoms with Gasteiger partial charge in [-0.25, -0.2) is 27.9 Å². The van der Waals surface area contributed by atoms with E-state index < -0.39 is 40.1 Å². The number of benzene rings is 3. The highest BCUT2D eigenvalue weighted by Gasteiger charge is 2.32. The number of carboxylic acids is 1. The van der Waals surface area contributed by atoms with Crippen molar-refractivity contribution in [3.63, 3.8) is 0 Å². The Bertz CT molecular complexity index is 2010. The van der Waals surface area contributed by atoms with Crippen LogP contribution in [0.25, 0.3) is 22.3 Å². The van der Waals surface area contributed by atoms with Crippen molar-refractivity contribution in [2.75, 3.05) is 11.5 Å².